The van der Waals surface area contributed by atoms with Crippen LogP contribution in [0, 0.1) is 0 Å². The summed E-state index contributed by atoms with van der Waals surface area (Å²) in [5.41, 5.74) is 0.939. The number of fused-ring (bicyclic) bond motifs is 1. The maximum atomic E-state index is 12.8. The monoisotopic (exact) mass is 399 g/mol. The standard InChI is InChI=1S/C21H29N5O3/c1-14(2)26-12-16(27)11-18(26)21-23-22-19-13-24(7-8-25(19)21)20(28)10-15-5-4-6-17(9-15)29-3/h4-6,9,14,16,18,27H,7-8,10-13H2,1-3H3/t16-,18+/m1/s1. The summed E-state index contributed by atoms with van der Waals surface area (Å²) in [6.45, 7) is 6.72. The number of hydrogen-bond acceptors (Lipinski definition) is 6. The third-order valence-electron chi connectivity index (χ3n) is 5.90. The number of aromatic nitrogens is 3. The first-order chi connectivity index (χ1) is 14.0. The van der Waals surface area contributed by atoms with E-state index in [-0.39, 0.29) is 18.1 Å². The quantitative estimate of drug-likeness (QED) is 0.818. The number of benzene rings is 1. The van der Waals surface area contributed by atoms with Crippen molar-refractivity contribution in [1.29, 1.82) is 0 Å². The molecule has 8 nitrogen and oxygen atoms in total. The van der Waals surface area contributed by atoms with E-state index in [1.165, 1.54) is 0 Å². The van der Waals surface area contributed by atoms with Crippen LogP contribution in [0.1, 0.15) is 43.5 Å². The normalized spacial score (nSPS) is 22.2. The Bertz CT molecular complexity index is 881. The summed E-state index contributed by atoms with van der Waals surface area (Å²) < 4.78 is 7.38. The fourth-order valence-corrected chi connectivity index (χ4v) is 4.37. The number of hydrogen-bond donors (Lipinski definition) is 1. The molecule has 29 heavy (non-hydrogen) atoms. The molecular weight excluding hydrogens is 370 g/mol. The minimum Gasteiger partial charge on any atom is -0.497 e. The van der Waals surface area contributed by atoms with Gasteiger partial charge in [-0.1, -0.05) is 12.1 Å². The number of ether oxygens (including phenoxy) is 1. The first kappa shape index (κ1) is 19.8. The van der Waals surface area contributed by atoms with Crippen molar-refractivity contribution < 1.29 is 14.6 Å². The number of aliphatic hydroxyl groups is 1. The summed E-state index contributed by atoms with van der Waals surface area (Å²) in [4.78, 5) is 16.9. The molecule has 0 spiro atoms. The molecule has 1 aromatic heterocycles. The van der Waals surface area contributed by atoms with Crippen molar-refractivity contribution in [2.24, 2.45) is 0 Å². The van der Waals surface area contributed by atoms with Crippen molar-refractivity contribution in [2.75, 3.05) is 20.2 Å². The molecule has 3 heterocycles. The largest absolute Gasteiger partial charge is 0.497 e. The van der Waals surface area contributed by atoms with Crippen molar-refractivity contribution >= 4 is 5.91 Å². The fraction of sp³-hybridized carbons (Fsp3) is 0.571. The topological polar surface area (TPSA) is 83.7 Å². The number of β-amino-alcohol motifs (C(OH)–C–C–N with tert-alkyl or cyclic N) is 1. The molecule has 156 valence electrons. The van der Waals surface area contributed by atoms with Gasteiger partial charge in [-0.3, -0.25) is 9.69 Å². The molecule has 1 fully saturated rings. The minimum atomic E-state index is -0.333. The number of methoxy groups -OCH3 is 1. The number of aliphatic hydroxyl groups excluding tert-OH is 1. The number of likely N-dealkylation sites (tertiary alicyclic amines) is 1. The average Bonchev–Trinajstić information content (AvgIpc) is 3.30. The van der Waals surface area contributed by atoms with Gasteiger partial charge in [0.15, 0.2) is 11.6 Å². The molecule has 8 heteroatoms. The van der Waals surface area contributed by atoms with Gasteiger partial charge in [-0.2, -0.15) is 0 Å². The molecule has 2 aliphatic heterocycles. The first-order valence-corrected chi connectivity index (χ1v) is 10.2. The zero-order valence-corrected chi connectivity index (χ0v) is 17.3. The van der Waals surface area contributed by atoms with Gasteiger partial charge >= 0.3 is 0 Å². The van der Waals surface area contributed by atoms with Gasteiger partial charge in [0, 0.05) is 25.7 Å². The van der Waals surface area contributed by atoms with Gasteiger partial charge in [0.05, 0.1) is 32.2 Å². The Balaban J connectivity index is 1.46. The summed E-state index contributed by atoms with van der Waals surface area (Å²) >= 11 is 0. The van der Waals surface area contributed by atoms with Gasteiger partial charge in [-0.05, 0) is 38.0 Å². The van der Waals surface area contributed by atoms with Crippen LogP contribution in [0.2, 0.25) is 0 Å². The highest BCUT2D eigenvalue weighted by Crippen LogP contribution is 2.33. The van der Waals surface area contributed by atoms with Crippen LogP contribution in [0.25, 0.3) is 0 Å². The molecule has 0 unspecified atom stereocenters. The highest BCUT2D eigenvalue weighted by molar-refractivity contribution is 5.79. The van der Waals surface area contributed by atoms with Crippen molar-refractivity contribution in [2.45, 2.75) is 58.0 Å². The van der Waals surface area contributed by atoms with Crippen LogP contribution in [-0.4, -0.2) is 67.9 Å². The summed E-state index contributed by atoms with van der Waals surface area (Å²) in [6.07, 6.45) is 0.683. The summed E-state index contributed by atoms with van der Waals surface area (Å²) in [5, 5.41) is 19.0. The Morgan fingerprint density at radius 2 is 2.14 bits per heavy atom. The molecule has 0 radical (unpaired) electrons. The molecule has 1 N–H and O–H groups in total. The van der Waals surface area contributed by atoms with E-state index in [0.717, 1.165) is 23.0 Å². The predicted octanol–water partition coefficient (Wildman–Crippen LogP) is 1.39. The molecule has 0 saturated carbocycles. The number of carbonyl (C=O) groups excluding carboxylic acids is 1. The van der Waals surface area contributed by atoms with Crippen LogP contribution in [0.5, 0.6) is 5.75 Å². The van der Waals surface area contributed by atoms with Crippen molar-refractivity contribution in [3.05, 3.63) is 41.5 Å². The summed E-state index contributed by atoms with van der Waals surface area (Å²) in [5.74, 6) is 2.56. The highest BCUT2D eigenvalue weighted by atomic mass is 16.5. The summed E-state index contributed by atoms with van der Waals surface area (Å²) in [7, 11) is 1.62. The van der Waals surface area contributed by atoms with Crippen LogP contribution in [-0.2, 0) is 24.3 Å². The van der Waals surface area contributed by atoms with E-state index in [0.29, 0.717) is 45.1 Å². The van der Waals surface area contributed by atoms with E-state index >= 15 is 0 Å². The molecular formula is C21H29N5O3. The van der Waals surface area contributed by atoms with Crippen molar-refractivity contribution in [1.82, 2.24) is 24.6 Å². The third kappa shape index (κ3) is 4.00. The van der Waals surface area contributed by atoms with Crippen LogP contribution in [0.15, 0.2) is 24.3 Å². The van der Waals surface area contributed by atoms with E-state index in [9.17, 15) is 9.90 Å². The Hall–Kier alpha value is -2.45. The maximum Gasteiger partial charge on any atom is 0.227 e. The molecule has 1 aromatic carbocycles. The number of nitrogens with zero attached hydrogens (tertiary/aromatic N) is 5. The highest BCUT2D eigenvalue weighted by Gasteiger charge is 2.38. The lowest BCUT2D eigenvalue weighted by molar-refractivity contribution is -0.132. The van der Waals surface area contributed by atoms with Crippen molar-refractivity contribution in [3.63, 3.8) is 0 Å². The van der Waals surface area contributed by atoms with Gasteiger partial charge < -0.3 is 19.3 Å². The van der Waals surface area contributed by atoms with Crippen molar-refractivity contribution in [3.8, 4) is 5.75 Å². The lowest BCUT2D eigenvalue weighted by Gasteiger charge is -2.31. The molecule has 0 aliphatic carbocycles. The Morgan fingerprint density at radius 3 is 2.90 bits per heavy atom. The van der Waals surface area contributed by atoms with Gasteiger partial charge in [0.1, 0.15) is 5.75 Å². The van der Waals surface area contributed by atoms with E-state index in [4.69, 9.17) is 4.74 Å². The second-order valence-electron chi connectivity index (χ2n) is 8.17. The van der Waals surface area contributed by atoms with Crippen LogP contribution in [0.4, 0.5) is 0 Å². The molecule has 0 bridgehead atoms. The van der Waals surface area contributed by atoms with Gasteiger partial charge in [-0.25, -0.2) is 0 Å². The molecule has 1 saturated heterocycles. The van der Waals surface area contributed by atoms with E-state index in [1.54, 1.807) is 7.11 Å². The van der Waals surface area contributed by atoms with Crippen LogP contribution < -0.4 is 4.74 Å². The zero-order chi connectivity index (χ0) is 20.5. The second kappa shape index (κ2) is 8.12. The van der Waals surface area contributed by atoms with Gasteiger partial charge in [0.2, 0.25) is 5.91 Å². The van der Waals surface area contributed by atoms with Crippen LogP contribution in [0.3, 0.4) is 0 Å². The second-order valence-corrected chi connectivity index (χ2v) is 8.17. The molecule has 1 amide bonds. The minimum absolute atomic E-state index is 0.0743. The van der Waals surface area contributed by atoms with Crippen LogP contribution >= 0.6 is 0 Å². The SMILES string of the molecule is COc1cccc(CC(=O)N2CCn3c(nnc3[C@@H]3C[C@@H](O)CN3C(C)C)C2)c1. The summed E-state index contributed by atoms with van der Waals surface area (Å²) in [6, 6.07) is 8.02. The Kier molecular flexibility index (Phi) is 5.56. The molecule has 2 aliphatic rings. The van der Waals surface area contributed by atoms with E-state index in [1.807, 2.05) is 29.2 Å². The third-order valence-corrected chi connectivity index (χ3v) is 5.90. The maximum absolute atomic E-state index is 12.8. The molecule has 4 rings (SSSR count). The van der Waals surface area contributed by atoms with Gasteiger partial charge in [0.25, 0.3) is 0 Å². The lowest BCUT2D eigenvalue weighted by Crippen LogP contribution is -2.40. The van der Waals surface area contributed by atoms with E-state index < -0.39 is 0 Å². The molecule has 2 atom stereocenters. The average molecular weight is 399 g/mol. The zero-order valence-electron chi connectivity index (χ0n) is 17.3. The predicted molar refractivity (Wildman–Crippen MR) is 107 cm³/mol. The number of amides is 1. The van der Waals surface area contributed by atoms with Gasteiger partial charge in [-0.15, -0.1) is 10.2 Å². The molecule has 2 aromatic rings. The van der Waals surface area contributed by atoms with E-state index in [2.05, 4.69) is 33.5 Å². The Morgan fingerprint density at radius 1 is 1.31 bits per heavy atom. The number of rotatable bonds is 5. The lowest BCUT2D eigenvalue weighted by atomic mass is 10.1. The number of carbonyl (C=O) groups is 1. The fourth-order valence-electron chi connectivity index (χ4n) is 4.37. The smallest absolute Gasteiger partial charge is 0.227 e. The first-order valence-electron chi connectivity index (χ1n) is 10.2. The Labute approximate surface area is 171 Å².